The van der Waals surface area contributed by atoms with Gasteiger partial charge in [-0.05, 0) is 55.5 Å². The highest BCUT2D eigenvalue weighted by Crippen LogP contribution is 2.31. The van der Waals surface area contributed by atoms with Crippen molar-refractivity contribution in [1.29, 1.82) is 5.26 Å². The average Bonchev–Trinajstić information content (AvgIpc) is 3.00. The van der Waals surface area contributed by atoms with Crippen molar-refractivity contribution in [2.24, 2.45) is 0 Å². The first-order chi connectivity index (χ1) is 11.8. The van der Waals surface area contributed by atoms with Gasteiger partial charge in [-0.25, -0.2) is 0 Å². The van der Waals surface area contributed by atoms with Crippen molar-refractivity contribution in [3.05, 3.63) is 64.8 Å². The molecule has 1 aromatic heterocycles. The highest BCUT2D eigenvalue weighted by atomic mass is 16.1. The Labute approximate surface area is 140 Å². The number of para-hydroxylation sites is 1. The molecule has 4 rings (SSSR count). The molecule has 0 radical (unpaired) electrons. The van der Waals surface area contributed by atoms with Gasteiger partial charge in [0.25, 0.3) is 5.91 Å². The summed E-state index contributed by atoms with van der Waals surface area (Å²) < 4.78 is 0. The molecule has 4 heteroatoms. The molecule has 0 aliphatic heterocycles. The first kappa shape index (κ1) is 14.5. The maximum absolute atomic E-state index is 12.7. The number of amides is 1. The largest absolute Gasteiger partial charge is 0.358 e. The Morgan fingerprint density at radius 2 is 1.96 bits per heavy atom. The predicted molar refractivity (Wildman–Crippen MR) is 94.1 cm³/mol. The molecule has 0 fully saturated rings. The summed E-state index contributed by atoms with van der Waals surface area (Å²) in [6.07, 6.45) is 4.53. The van der Waals surface area contributed by atoms with Crippen LogP contribution in [0.25, 0.3) is 10.9 Å². The van der Waals surface area contributed by atoms with Crippen molar-refractivity contribution in [1.82, 2.24) is 4.98 Å². The Morgan fingerprint density at radius 3 is 2.83 bits per heavy atom. The number of nitrogens with one attached hydrogen (secondary N) is 2. The van der Waals surface area contributed by atoms with Crippen molar-refractivity contribution in [3.8, 4) is 6.07 Å². The zero-order chi connectivity index (χ0) is 16.5. The Kier molecular flexibility index (Phi) is 3.55. The molecule has 118 valence electrons. The van der Waals surface area contributed by atoms with Crippen LogP contribution >= 0.6 is 0 Å². The van der Waals surface area contributed by atoms with E-state index in [1.807, 2.05) is 12.1 Å². The van der Waals surface area contributed by atoms with Gasteiger partial charge in [0.05, 0.1) is 22.7 Å². The Balaban J connectivity index is 1.72. The summed E-state index contributed by atoms with van der Waals surface area (Å²) in [5, 5.41) is 13.0. The normalized spacial score (nSPS) is 13.3. The molecule has 3 aromatic rings. The van der Waals surface area contributed by atoms with Gasteiger partial charge in [-0.1, -0.05) is 18.2 Å². The molecule has 0 bridgehead atoms. The maximum atomic E-state index is 12.7. The van der Waals surface area contributed by atoms with E-state index < -0.39 is 0 Å². The van der Waals surface area contributed by atoms with Crippen molar-refractivity contribution < 1.29 is 4.79 Å². The Morgan fingerprint density at radius 1 is 1.12 bits per heavy atom. The third-order valence-electron chi connectivity index (χ3n) is 4.63. The van der Waals surface area contributed by atoms with Gasteiger partial charge in [0.1, 0.15) is 0 Å². The summed E-state index contributed by atoms with van der Waals surface area (Å²) in [6, 6.07) is 14.9. The van der Waals surface area contributed by atoms with E-state index in [9.17, 15) is 4.79 Å². The predicted octanol–water partition coefficient (Wildman–Crippen LogP) is 4.17. The molecule has 4 nitrogen and oxygen atoms in total. The van der Waals surface area contributed by atoms with E-state index in [2.05, 4.69) is 22.4 Å². The number of H-pyrrole nitrogens is 1. The lowest BCUT2D eigenvalue weighted by atomic mass is 9.95. The van der Waals surface area contributed by atoms with Gasteiger partial charge in [0, 0.05) is 16.8 Å². The zero-order valence-corrected chi connectivity index (χ0v) is 13.2. The van der Waals surface area contributed by atoms with Crippen LogP contribution in [0, 0.1) is 11.3 Å². The maximum Gasteiger partial charge on any atom is 0.257 e. The van der Waals surface area contributed by atoms with E-state index >= 15 is 0 Å². The molecule has 24 heavy (non-hydrogen) atoms. The van der Waals surface area contributed by atoms with Gasteiger partial charge in [0.15, 0.2) is 0 Å². The summed E-state index contributed by atoms with van der Waals surface area (Å²) in [5.74, 6) is -0.158. The number of benzene rings is 2. The molecule has 0 saturated carbocycles. The number of carbonyl (C=O) groups is 1. The average molecular weight is 315 g/mol. The zero-order valence-electron chi connectivity index (χ0n) is 13.2. The number of anilines is 1. The topological polar surface area (TPSA) is 68.7 Å². The molecule has 0 saturated heterocycles. The van der Waals surface area contributed by atoms with Crippen LogP contribution in [0.4, 0.5) is 5.69 Å². The number of aromatic nitrogens is 1. The molecular weight excluding hydrogens is 298 g/mol. The molecule has 1 aliphatic carbocycles. The smallest absolute Gasteiger partial charge is 0.257 e. The van der Waals surface area contributed by atoms with Crippen LogP contribution in [0.5, 0.6) is 0 Å². The molecule has 1 amide bonds. The van der Waals surface area contributed by atoms with Crippen LogP contribution in [0.2, 0.25) is 0 Å². The fourth-order valence-electron chi connectivity index (χ4n) is 3.48. The first-order valence-corrected chi connectivity index (χ1v) is 8.20. The van der Waals surface area contributed by atoms with Crippen LogP contribution in [0.3, 0.4) is 0 Å². The monoisotopic (exact) mass is 315 g/mol. The van der Waals surface area contributed by atoms with Gasteiger partial charge in [0.2, 0.25) is 0 Å². The minimum absolute atomic E-state index is 0.158. The molecule has 0 unspecified atom stereocenters. The van der Waals surface area contributed by atoms with Crippen LogP contribution in [0.15, 0.2) is 42.5 Å². The molecule has 1 heterocycles. The third-order valence-corrected chi connectivity index (χ3v) is 4.63. The van der Waals surface area contributed by atoms with Crippen LogP contribution in [-0.4, -0.2) is 10.9 Å². The van der Waals surface area contributed by atoms with Crippen LogP contribution in [-0.2, 0) is 12.8 Å². The molecule has 1 aliphatic rings. The minimum atomic E-state index is -0.158. The number of nitrogens with zero attached hydrogens (tertiary/aromatic N) is 1. The summed E-state index contributed by atoms with van der Waals surface area (Å²) in [6.45, 7) is 0. The standard InChI is InChI=1S/C20H17N3O/c21-12-13-5-3-6-14(11-13)22-20(24)17-9-4-8-16-15-7-1-2-10-18(15)23-19(16)17/h3-6,8-9,11,23H,1-2,7,10H2,(H,22,24). The van der Waals surface area contributed by atoms with E-state index in [0.717, 1.165) is 23.7 Å². The van der Waals surface area contributed by atoms with Gasteiger partial charge in [-0.3, -0.25) is 4.79 Å². The van der Waals surface area contributed by atoms with Crippen molar-refractivity contribution in [2.75, 3.05) is 5.32 Å². The number of carbonyl (C=O) groups excluding carboxylic acids is 1. The van der Waals surface area contributed by atoms with Gasteiger partial charge >= 0.3 is 0 Å². The highest BCUT2D eigenvalue weighted by molar-refractivity contribution is 6.12. The lowest BCUT2D eigenvalue weighted by Gasteiger charge is -2.10. The number of aromatic amines is 1. The lowest BCUT2D eigenvalue weighted by molar-refractivity contribution is 0.102. The van der Waals surface area contributed by atoms with Gasteiger partial charge in [-0.2, -0.15) is 5.26 Å². The van der Waals surface area contributed by atoms with Crippen molar-refractivity contribution >= 4 is 22.5 Å². The quantitative estimate of drug-likeness (QED) is 0.745. The fraction of sp³-hybridized carbons (Fsp3) is 0.200. The van der Waals surface area contributed by atoms with E-state index in [1.54, 1.807) is 24.3 Å². The molecule has 2 N–H and O–H groups in total. The molecule has 0 atom stereocenters. The number of hydrogen-bond acceptors (Lipinski definition) is 2. The summed E-state index contributed by atoms with van der Waals surface area (Å²) >= 11 is 0. The second-order valence-electron chi connectivity index (χ2n) is 6.16. The number of nitriles is 1. The molecule has 2 aromatic carbocycles. The number of hydrogen-bond donors (Lipinski definition) is 2. The van der Waals surface area contributed by atoms with E-state index in [1.165, 1.54) is 24.1 Å². The van der Waals surface area contributed by atoms with Crippen molar-refractivity contribution in [3.63, 3.8) is 0 Å². The second kappa shape index (κ2) is 5.86. The fourth-order valence-corrected chi connectivity index (χ4v) is 3.48. The number of rotatable bonds is 2. The second-order valence-corrected chi connectivity index (χ2v) is 6.16. The summed E-state index contributed by atoms with van der Waals surface area (Å²) in [4.78, 5) is 16.2. The van der Waals surface area contributed by atoms with E-state index in [4.69, 9.17) is 5.26 Å². The first-order valence-electron chi connectivity index (χ1n) is 8.20. The minimum Gasteiger partial charge on any atom is -0.358 e. The Bertz CT molecular complexity index is 978. The third kappa shape index (κ3) is 2.44. The summed E-state index contributed by atoms with van der Waals surface area (Å²) in [7, 11) is 0. The van der Waals surface area contributed by atoms with E-state index in [0.29, 0.717) is 16.8 Å². The van der Waals surface area contributed by atoms with Crippen LogP contribution in [0.1, 0.15) is 40.0 Å². The molecular formula is C20H17N3O. The SMILES string of the molecule is N#Cc1cccc(NC(=O)c2cccc3c4c([nH]c23)CCCC4)c1. The molecule has 0 spiro atoms. The summed E-state index contributed by atoms with van der Waals surface area (Å²) in [5.41, 5.74) is 5.34. The van der Waals surface area contributed by atoms with Crippen molar-refractivity contribution in [2.45, 2.75) is 25.7 Å². The van der Waals surface area contributed by atoms with E-state index in [-0.39, 0.29) is 5.91 Å². The highest BCUT2D eigenvalue weighted by Gasteiger charge is 2.19. The van der Waals surface area contributed by atoms with Crippen LogP contribution < -0.4 is 5.32 Å². The lowest BCUT2D eigenvalue weighted by Crippen LogP contribution is -2.12. The Hall–Kier alpha value is -3.06. The number of aryl methyl sites for hydroxylation is 2. The van der Waals surface area contributed by atoms with Gasteiger partial charge in [-0.15, -0.1) is 0 Å². The number of fused-ring (bicyclic) bond motifs is 3. The van der Waals surface area contributed by atoms with Gasteiger partial charge < -0.3 is 10.3 Å².